The number of hydrogen-bond donors (Lipinski definition) is 0. The maximum Gasteiger partial charge on any atom is 0.321 e. The summed E-state index contributed by atoms with van der Waals surface area (Å²) < 4.78 is 24.2. The zero-order valence-electron chi connectivity index (χ0n) is 5.87. The molecule has 1 heterocycles. The number of rotatable bonds is 1. The van der Waals surface area contributed by atoms with Gasteiger partial charge in [-0.3, -0.25) is 9.36 Å². The van der Waals surface area contributed by atoms with Crippen LogP contribution in [0.1, 0.15) is 12.1 Å². The fraction of sp³-hybridized carbons (Fsp3) is 0.143. The van der Waals surface area contributed by atoms with E-state index >= 15 is 0 Å². The summed E-state index contributed by atoms with van der Waals surface area (Å²) in [5, 5.41) is 8.32. The number of hydrogen-bond acceptors (Lipinski definition) is 2. The third-order valence-electron chi connectivity index (χ3n) is 1.28. The van der Waals surface area contributed by atoms with E-state index in [2.05, 4.69) is 0 Å². The second-order valence-electron chi connectivity index (χ2n) is 2.05. The molecule has 1 rings (SSSR count). The summed E-state index contributed by atoms with van der Waals surface area (Å²) >= 11 is 0. The Hall–Kier alpha value is -1.70. The molecule has 12 heavy (non-hydrogen) atoms. The quantitative estimate of drug-likeness (QED) is 0.633. The van der Waals surface area contributed by atoms with Crippen molar-refractivity contribution in [2.45, 2.75) is 6.55 Å². The van der Waals surface area contributed by atoms with E-state index < -0.39 is 12.1 Å². The molecule has 0 aliphatic carbocycles. The van der Waals surface area contributed by atoms with Crippen LogP contribution in [0.15, 0.2) is 23.1 Å². The Kier molecular flexibility index (Phi) is 2.19. The Bertz CT molecular complexity index is 378. The Balaban J connectivity index is 3.29. The van der Waals surface area contributed by atoms with Gasteiger partial charge in [-0.1, -0.05) is 0 Å². The maximum absolute atomic E-state index is 12.0. The van der Waals surface area contributed by atoms with Crippen LogP contribution >= 0.6 is 0 Å². The van der Waals surface area contributed by atoms with Gasteiger partial charge >= 0.3 is 6.55 Å². The standard InChI is InChI=1S/C7H4F2N2O/c8-7(9)11-4-5(3-10)1-2-6(11)12/h1-2,4,7H. The molecule has 0 fully saturated rings. The van der Waals surface area contributed by atoms with E-state index in [0.29, 0.717) is 0 Å². The van der Waals surface area contributed by atoms with Gasteiger partial charge in [-0.15, -0.1) is 0 Å². The molecule has 0 saturated heterocycles. The third-order valence-corrected chi connectivity index (χ3v) is 1.28. The minimum absolute atomic E-state index is 0.0369. The van der Waals surface area contributed by atoms with E-state index in [9.17, 15) is 13.6 Å². The summed E-state index contributed by atoms with van der Waals surface area (Å²) in [5.41, 5.74) is -0.779. The van der Waals surface area contributed by atoms with Crippen molar-refractivity contribution >= 4 is 0 Å². The van der Waals surface area contributed by atoms with Crippen LogP contribution in [-0.4, -0.2) is 4.57 Å². The molecule has 0 amide bonds. The van der Waals surface area contributed by atoms with Crippen LogP contribution in [0.5, 0.6) is 0 Å². The van der Waals surface area contributed by atoms with E-state index in [0.717, 1.165) is 12.3 Å². The first-order valence-electron chi connectivity index (χ1n) is 3.05. The van der Waals surface area contributed by atoms with E-state index in [1.807, 2.05) is 0 Å². The number of alkyl halides is 2. The first-order valence-corrected chi connectivity index (χ1v) is 3.05. The fourth-order valence-corrected chi connectivity index (χ4v) is 0.722. The van der Waals surface area contributed by atoms with Gasteiger partial charge in [0.1, 0.15) is 6.07 Å². The van der Waals surface area contributed by atoms with Gasteiger partial charge in [-0.2, -0.15) is 14.0 Å². The minimum Gasteiger partial charge on any atom is -0.269 e. The van der Waals surface area contributed by atoms with Crippen molar-refractivity contribution < 1.29 is 8.78 Å². The summed E-state index contributed by atoms with van der Waals surface area (Å²) in [6.45, 7) is -2.90. The lowest BCUT2D eigenvalue weighted by atomic mass is 10.3. The Labute approximate surface area is 66.5 Å². The van der Waals surface area contributed by atoms with Crippen molar-refractivity contribution in [1.29, 1.82) is 5.26 Å². The molecular weight excluding hydrogens is 166 g/mol. The van der Waals surface area contributed by atoms with Crippen LogP contribution in [0.3, 0.4) is 0 Å². The van der Waals surface area contributed by atoms with E-state index in [-0.39, 0.29) is 10.1 Å². The van der Waals surface area contributed by atoms with Gasteiger partial charge in [0.2, 0.25) is 0 Å². The molecule has 0 radical (unpaired) electrons. The molecule has 0 spiro atoms. The van der Waals surface area contributed by atoms with Gasteiger partial charge in [0, 0.05) is 12.3 Å². The summed E-state index contributed by atoms with van der Waals surface area (Å²) in [6, 6.07) is 3.79. The smallest absolute Gasteiger partial charge is 0.269 e. The molecule has 0 aliphatic rings. The van der Waals surface area contributed by atoms with E-state index in [1.165, 1.54) is 6.07 Å². The summed E-state index contributed by atoms with van der Waals surface area (Å²) in [7, 11) is 0. The lowest BCUT2D eigenvalue weighted by Gasteiger charge is -2.01. The Morgan fingerprint density at radius 1 is 1.50 bits per heavy atom. The second kappa shape index (κ2) is 3.13. The van der Waals surface area contributed by atoms with E-state index in [4.69, 9.17) is 5.26 Å². The lowest BCUT2D eigenvalue weighted by Crippen LogP contribution is -2.19. The first-order chi connectivity index (χ1) is 5.65. The van der Waals surface area contributed by atoms with Gasteiger partial charge in [0.15, 0.2) is 0 Å². The normalized spacial score (nSPS) is 9.83. The zero-order valence-corrected chi connectivity index (χ0v) is 5.87. The van der Waals surface area contributed by atoms with Crippen molar-refractivity contribution in [3.63, 3.8) is 0 Å². The molecule has 1 aromatic rings. The number of halogens is 2. The predicted molar refractivity (Wildman–Crippen MR) is 36.7 cm³/mol. The number of nitrogens with zero attached hydrogens (tertiary/aromatic N) is 2. The zero-order chi connectivity index (χ0) is 9.14. The molecule has 0 bridgehead atoms. The highest BCUT2D eigenvalue weighted by Crippen LogP contribution is 2.06. The van der Waals surface area contributed by atoms with Crippen molar-refractivity contribution in [3.8, 4) is 6.07 Å². The Morgan fingerprint density at radius 3 is 2.67 bits per heavy atom. The molecule has 3 nitrogen and oxygen atoms in total. The van der Waals surface area contributed by atoms with Crippen LogP contribution in [0.25, 0.3) is 0 Å². The molecule has 0 N–H and O–H groups in total. The van der Waals surface area contributed by atoms with Crippen molar-refractivity contribution in [1.82, 2.24) is 4.57 Å². The molecule has 62 valence electrons. The molecule has 0 unspecified atom stereocenters. The molecule has 0 atom stereocenters. The van der Waals surface area contributed by atoms with Gasteiger partial charge in [0.25, 0.3) is 5.56 Å². The van der Waals surface area contributed by atoms with Crippen LogP contribution in [0.4, 0.5) is 8.78 Å². The second-order valence-corrected chi connectivity index (χ2v) is 2.05. The average Bonchev–Trinajstić information content (AvgIpc) is 2.05. The third kappa shape index (κ3) is 1.48. The fourth-order valence-electron chi connectivity index (χ4n) is 0.722. The van der Waals surface area contributed by atoms with Crippen LogP contribution < -0.4 is 5.56 Å². The molecule has 1 aromatic heterocycles. The van der Waals surface area contributed by atoms with Crippen LogP contribution in [0, 0.1) is 11.3 Å². The molecule has 0 aromatic carbocycles. The van der Waals surface area contributed by atoms with Gasteiger partial charge < -0.3 is 0 Å². The molecule has 0 aliphatic heterocycles. The highest BCUT2D eigenvalue weighted by Gasteiger charge is 2.07. The average molecular weight is 170 g/mol. The minimum atomic E-state index is -2.90. The van der Waals surface area contributed by atoms with Gasteiger partial charge in [-0.05, 0) is 6.07 Å². The molecule has 0 saturated carbocycles. The van der Waals surface area contributed by atoms with Crippen LogP contribution in [-0.2, 0) is 0 Å². The van der Waals surface area contributed by atoms with Gasteiger partial charge in [0.05, 0.1) is 5.56 Å². The van der Waals surface area contributed by atoms with Crippen molar-refractivity contribution in [2.75, 3.05) is 0 Å². The summed E-state index contributed by atoms with van der Waals surface area (Å²) in [5.74, 6) is 0. The summed E-state index contributed by atoms with van der Waals surface area (Å²) in [4.78, 5) is 10.7. The monoisotopic (exact) mass is 170 g/mol. The summed E-state index contributed by atoms with van der Waals surface area (Å²) in [6.07, 6.45) is 0.826. The van der Waals surface area contributed by atoms with E-state index in [1.54, 1.807) is 6.07 Å². The Morgan fingerprint density at radius 2 is 2.17 bits per heavy atom. The lowest BCUT2D eigenvalue weighted by molar-refractivity contribution is 0.0663. The SMILES string of the molecule is N#Cc1ccc(=O)n(C(F)F)c1. The number of nitriles is 1. The number of pyridine rings is 1. The largest absolute Gasteiger partial charge is 0.321 e. The van der Waals surface area contributed by atoms with Crippen molar-refractivity contribution in [3.05, 3.63) is 34.2 Å². The predicted octanol–water partition coefficient (Wildman–Crippen LogP) is 1.12. The molecular formula is C7H4F2N2O. The highest BCUT2D eigenvalue weighted by atomic mass is 19.3. The van der Waals surface area contributed by atoms with Crippen molar-refractivity contribution in [2.24, 2.45) is 0 Å². The highest BCUT2D eigenvalue weighted by molar-refractivity contribution is 5.24. The number of aromatic nitrogens is 1. The molecule has 5 heteroatoms. The van der Waals surface area contributed by atoms with Gasteiger partial charge in [-0.25, -0.2) is 0 Å². The van der Waals surface area contributed by atoms with Crippen LogP contribution in [0.2, 0.25) is 0 Å². The maximum atomic E-state index is 12.0. The topological polar surface area (TPSA) is 45.8 Å². The first kappa shape index (κ1) is 8.40.